The van der Waals surface area contributed by atoms with Crippen molar-refractivity contribution in [2.75, 3.05) is 12.3 Å². The molecule has 0 aliphatic rings. The van der Waals surface area contributed by atoms with E-state index in [1.54, 1.807) is 4.68 Å². The first-order chi connectivity index (χ1) is 10.2. The molecule has 1 atom stereocenters. The highest BCUT2D eigenvalue weighted by molar-refractivity contribution is 7.99. The molecule has 0 bridgehead atoms. The fourth-order valence-electron chi connectivity index (χ4n) is 1.86. The molecule has 0 aliphatic heterocycles. The summed E-state index contributed by atoms with van der Waals surface area (Å²) in [7, 11) is 0. The lowest BCUT2D eigenvalue weighted by molar-refractivity contribution is -0.120. The maximum atomic E-state index is 11.3. The van der Waals surface area contributed by atoms with E-state index < -0.39 is 0 Å². The summed E-state index contributed by atoms with van der Waals surface area (Å²) in [5, 5.41) is 15.5. The van der Waals surface area contributed by atoms with Crippen LogP contribution in [0, 0.1) is 0 Å². The van der Waals surface area contributed by atoms with E-state index in [9.17, 15) is 4.79 Å². The van der Waals surface area contributed by atoms with Gasteiger partial charge in [0.1, 0.15) is 0 Å². The van der Waals surface area contributed by atoms with Crippen molar-refractivity contribution in [2.45, 2.75) is 24.5 Å². The molecule has 2 rings (SSSR count). The number of rotatable bonds is 8. The zero-order valence-electron chi connectivity index (χ0n) is 11.8. The molecule has 0 radical (unpaired) electrons. The average molecular weight is 306 g/mol. The van der Waals surface area contributed by atoms with Gasteiger partial charge in [-0.05, 0) is 35.5 Å². The number of carbonyl (C=O) groups excluding carboxylic acids is 1. The highest BCUT2D eigenvalue weighted by Crippen LogP contribution is 2.19. The van der Waals surface area contributed by atoms with Crippen LogP contribution in [0.1, 0.15) is 13.3 Å². The van der Waals surface area contributed by atoms with Gasteiger partial charge in [0.15, 0.2) is 0 Å². The number of nitrogens with one attached hydrogen (secondary N) is 1. The molecule has 0 fully saturated rings. The van der Waals surface area contributed by atoms with Gasteiger partial charge in [-0.15, -0.1) is 5.10 Å². The predicted octanol–water partition coefficient (Wildman–Crippen LogP) is 0.608. The number of likely N-dealkylation sites (N-methyl/N-ethyl adjacent to an activating group) is 1. The third-order valence-corrected chi connectivity index (χ3v) is 3.83. The van der Waals surface area contributed by atoms with Gasteiger partial charge in [0, 0.05) is 5.75 Å². The Labute approximate surface area is 127 Å². The van der Waals surface area contributed by atoms with Crippen molar-refractivity contribution < 1.29 is 4.79 Å². The second-order valence-electron chi connectivity index (χ2n) is 4.36. The number of thioether (sulfide) groups is 1. The van der Waals surface area contributed by atoms with Gasteiger partial charge in [-0.1, -0.05) is 36.9 Å². The Bertz CT molecular complexity index is 573. The summed E-state index contributed by atoms with van der Waals surface area (Å²) in [5.41, 5.74) is 6.25. The van der Waals surface area contributed by atoms with Gasteiger partial charge in [-0.2, -0.15) is 4.68 Å². The number of nitrogens with two attached hydrogens (primary N) is 1. The predicted molar refractivity (Wildman–Crippen MR) is 81.2 cm³/mol. The number of nitrogens with zero attached hydrogens (tertiary/aromatic N) is 4. The van der Waals surface area contributed by atoms with E-state index in [0.29, 0.717) is 23.9 Å². The molecular weight excluding hydrogens is 288 g/mol. The first-order valence-corrected chi connectivity index (χ1v) is 7.70. The summed E-state index contributed by atoms with van der Waals surface area (Å²) in [4.78, 5) is 11.3. The minimum atomic E-state index is -0.333. The van der Waals surface area contributed by atoms with Crippen molar-refractivity contribution >= 4 is 17.7 Å². The van der Waals surface area contributed by atoms with Crippen LogP contribution in [0.3, 0.4) is 0 Å². The van der Waals surface area contributed by atoms with Gasteiger partial charge >= 0.3 is 0 Å². The standard InChI is InChI=1S/C13H18N6OS/c1-2-15-11(12(14)20)8-9-21-13-16-17-18-19(13)10-6-4-3-5-7-10/h3-7,11,15H,2,8-9H2,1H3,(H2,14,20). The molecule has 1 aromatic heterocycles. The number of hydrogen-bond donors (Lipinski definition) is 2. The molecular formula is C13H18N6OS. The molecule has 21 heavy (non-hydrogen) atoms. The number of para-hydroxylation sites is 1. The third kappa shape index (κ3) is 4.27. The Morgan fingerprint density at radius 2 is 2.19 bits per heavy atom. The van der Waals surface area contributed by atoms with Gasteiger partial charge in [-0.25, -0.2) is 0 Å². The van der Waals surface area contributed by atoms with Crippen LogP contribution in [-0.4, -0.2) is 44.5 Å². The molecule has 1 aromatic carbocycles. The Morgan fingerprint density at radius 3 is 2.86 bits per heavy atom. The van der Waals surface area contributed by atoms with Crippen LogP contribution in [0.4, 0.5) is 0 Å². The normalized spacial score (nSPS) is 12.2. The first kappa shape index (κ1) is 15.5. The van der Waals surface area contributed by atoms with Crippen LogP contribution in [0.15, 0.2) is 35.5 Å². The Kier molecular flexibility index (Phi) is 5.70. The van der Waals surface area contributed by atoms with Crippen molar-refractivity contribution in [2.24, 2.45) is 5.73 Å². The van der Waals surface area contributed by atoms with Gasteiger partial charge in [0.05, 0.1) is 11.7 Å². The van der Waals surface area contributed by atoms with E-state index in [1.807, 2.05) is 37.3 Å². The van der Waals surface area contributed by atoms with Crippen molar-refractivity contribution in [1.29, 1.82) is 0 Å². The molecule has 7 nitrogen and oxygen atoms in total. The van der Waals surface area contributed by atoms with E-state index in [1.165, 1.54) is 11.8 Å². The molecule has 3 N–H and O–H groups in total. The molecule has 0 saturated carbocycles. The molecule has 0 spiro atoms. The second kappa shape index (κ2) is 7.75. The number of carbonyl (C=O) groups is 1. The number of primary amides is 1. The lowest BCUT2D eigenvalue weighted by Crippen LogP contribution is -2.41. The fraction of sp³-hybridized carbons (Fsp3) is 0.385. The minimum absolute atomic E-state index is 0.316. The zero-order chi connectivity index (χ0) is 15.1. The van der Waals surface area contributed by atoms with Gasteiger partial charge in [-0.3, -0.25) is 4.79 Å². The topological polar surface area (TPSA) is 98.7 Å². The molecule has 1 heterocycles. The molecule has 0 aliphatic carbocycles. The van der Waals surface area contributed by atoms with Crippen LogP contribution in [0.25, 0.3) is 5.69 Å². The van der Waals surface area contributed by atoms with E-state index in [-0.39, 0.29) is 11.9 Å². The Balaban J connectivity index is 1.96. The summed E-state index contributed by atoms with van der Waals surface area (Å²) in [6.45, 7) is 2.65. The molecule has 112 valence electrons. The van der Waals surface area contributed by atoms with Crippen molar-refractivity contribution in [3.63, 3.8) is 0 Å². The highest BCUT2D eigenvalue weighted by atomic mass is 32.2. The van der Waals surface area contributed by atoms with Crippen LogP contribution >= 0.6 is 11.8 Å². The van der Waals surface area contributed by atoms with E-state index in [4.69, 9.17) is 5.73 Å². The number of benzene rings is 1. The summed E-state index contributed by atoms with van der Waals surface area (Å²) < 4.78 is 1.68. The van der Waals surface area contributed by atoms with E-state index >= 15 is 0 Å². The maximum Gasteiger partial charge on any atom is 0.234 e. The van der Waals surface area contributed by atoms with Gasteiger partial charge in [0.2, 0.25) is 11.1 Å². The molecule has 0 saturated heterocycles. The number of aromatic nitrogens is 4. The smallest absolute Gasteiger partial charge is 0.234 e. The summed E-state index contributed by atoms with van der Waals surface area (Å²) >= 11 is 1.50. The first-order valence-electron chi connectivity index (χ1n) is 6.71. The van der Waals surface area contributed by atoms with Crippen molar-refractivity contribution in [3.05, 3.63) is 30.3 Å². The average Bonchev–Trinajstić information content (AvgIpc) is 2.95. The van der Waals surface area contributed by atoms with E-state index in [0.717, 1.165) is 5.69 Å². The SMILES string of the molecule is CCNC(CCSc1nnnn1-c1ccccc1)C(N)=O. The van der Waals surface area contributed by atoms with Crippen LogP contribution in [0.5, 0.6) is 0 Å². The Hall–Kier alpha value is -1.93. The van der Waals surface area contributed by atoms with Gasteiger partial charge in [0.25, 0.3) is 0 Å². The largest absolute Gasteiger partial charge is 0.368 e. The lowest BCUT2D eigenvalue weighted by atomic mass is 10.2. The fourth-order valence-corrected chi connectivity index (χ4v) is 2.75. The highest BCUT2D eigenvalue weighted by Gasteiger charge is 2.15. The minimum Gasteiger partial charge on any atom is -0.368 e. The summed E-state index contributed by atoms with van der Waals surface area (Å²) in [5.74, 6) is 0.369. The summed E-state index contributed by atoms with van der Waals surface area (Å²) in [6.07, 6.45) is 0.634. The lowest BCUT2D eigenvalue weighted by Gasteiger charge is -2.13. The maximum absolute atomic E-state index is 11.3. The second-order valence-corrected chi connectivity index (χ2v) is 5.42. The number of hydrogen-bond acceptors (Lipinski definition) is 6. The number of tetrazole rings is 1. The molecule has 2 aromatic rings. The molecule has 1 unspecified atom stereocenters. The molecule has 8 heteroatoms. The quantitative estimate of drug-likeness (QED) is 0.693. The van der Waals surface area contributed by atoms with E-state index in [2.05, 4.69) is 20.8 Å². The molecule has 1 amide bonds. The van der Waals surface area contributed by atoms with Gasteiger partial charge < -0.3 is 11.1 Å². The zero-order valence-corrected chi connectivity index (χ0v) is 12.6. The number of amides is 1. The van der Waals surface area contributed by atoms with Crippen LogP contribution in [-0.2, 0) is 4.79 Å². The Morgan fingerprint density at radius 1 is 1.43 bits per heavy atom. The van der Waals surface area contributed by atoms with Crippen LogP contribution in [0.2, 0.25) is 0 Å². The van der Waals surface area contributed by atoms with Crippen molar-refractivity contribution in [3.8, 4) is 5.69 Å². The monoisotopic (exact) mass is 306 g/mol. The third-order valence-electron chi connectivity index (χ3n) is 2.87. The summed E-state index contributed by atoms with van der Waals surface area (Å²) in [6, 6.07) is 9.36. The van der Waals surface area contributed by atoms with Crippen LogP contribution < -0.4 is 11.1 Å². The van der Waals surface area contributed by atoms with Crippen molar-refractivity contribution in [1.82, 2.24) is 25.5 Å².